The highest BCUT2D eigenvalue weighted by molar-refractivity contribution is 7.89. The van der Waals surface area contributed by atoms with Crippen molar-refractivity contribution in [2.24, 2.45) is 0 Å². The predicted molar refractivity (Wildman–Crippen MR) is 70.9 cm³/mol. The van der Waals surface area contributed by atoms with Crippen LogP contribution < -0.4 is 10.5 Å². The highest BCUT2D eigenvalue weighted by atomic mass is 32.2. The van der Waals surface area contributed by atoms with Crippen molar-refractivity contribution in [3.05, 3.63) is 24.3 Å². The lowest BCUT2D eigenvalue weighted by Gasteiger charge is -2.16. The van der Waals surface area contributed by atoms with E-state index in [0.29, 0.717) is 11.4 Å². The molecular weight excluding hydrogens is 252 g/mol. The number of benzene rings is 1. The molecule has 2 N–H and O–H groups in total. The summed E-state index contributed by atoms with van der Waals surface area (Å²) in [4.78, 5) is 0. The van der Waals surface area contributed by atoms with E-state index in [1.807, 2.05) is 0 Å². The van der Waals surface area contributed by atoms with Crippen molar-refractivity contribution >= 4 is 15.7 Å². The van der Waals surface area contributed by atoms with Gasteiger partial charge < -0.3 is 10.5 Å². The fraction of sp³-hybridized carbons (Fsp3) is 0.500. The highest BCUT2D eigenvalue weighted by Gasteiger charge is 2.33. The zero-order valence-electron chi connectivity index (χ0n) is 10.4. The number of nitrogen functional groups attached to an aromatic ring is 1. The summed E-state index contributed by atoms with van der Waals surface area (Å²) < 4.78 is 30.6. The minimum absolute atomic E-state index is 0.00516. The number of nitrogens with zero attached hydrogens (tertiary/aromatic N) is 1. The topological polar surface area (TPSA) is 72.6 Å². The normalized spacial score (nSPS) is 15.9. The molecule has 100 valence electrons. The minimum Gasteiger partial charge on any atom is -0.492 e. The molecule has 1 aromatic carbocycles. The Hall–Kier alpha value is -1.27. The second-order valence-corrected chi connectivity index (χ2v) is 6.63. The van der Waals surface area contributed by atoms with Gasteiger partial charge in [0.15, 0.2) is 0 Å². The van der Waals surface area contributed by atoms with Gasteiger partial charge in [0.2, 0.25) is 10.0 Å². The maximum atomic E-state index is 11.9. The molecular formula is C12H18N2O3S. The average molecular weight is 270 g/mol. The third kappa shape index (κ3) is 3.36. The van der Waals surface area contributed by atoms with Crippen LogP contribution in [0, 0.1) is 0 Å². The van der Waals surface area contributed by atoms with Crippen LogP contribution in [0.3, 0.4) is 0 Å². The quantitative estimate of drug-likeness (QED) is 0.785. The molecule has 0 spiro atoms. The van der Waals surface area contributed by atoms with E-state index in [4.69, 9.17) is 10.5 Å². The number of anilines is 1. The molecule has 0 heterocycles. The fourth-order valence-corrected chi connectivity index (χ4v) is 2.93. The van der Waals surface area contributed by atoms with Crippen molar-refractivity contribution < 1.29 is 13.2 Å². The van der Waals surface area contributed by atoms with Gasteiger partial charge in [-0.3, -0.25) is 0 Å². The fourth-order valence-electron chi connectivity index (χ4n) is 1.68. The molecule has 5 nitrogen and oxygen atoms in total. The molecule has 0 saturated heterocycles. The first kappa shape index (κ1) is 13.2. The summed E-state index contributed by atoms with van der Waals surface area (Å²) in [6, 6.07) is 7.16. The summed E-state index contributed by atoms with van der Waals surface area (Å²) in [7, 11) is -1.57. The second-order valence-electron chi connectivity index (χ2n) is 4.48. The Morgan fingerprint density at radius 3 is 2.78 bits per heavy atom. The van der Waals surface area contributed by atoms with Crippen LogP contribution in [-0.2, 0) is 10.0 Å². The molecule has 0 unspecified atom stereocenters. The Kier molecular flexibility index (Phi) is 3.77. The van der Waals surface area contributed by atoms with Gasteiger partial charge in [-0.2, -0.15) is 0 Å². The van der Waals surface area contributed by atoms with Crippen molar-refractivity contribution in [1.29, 1.82) is 0 Å². The summed E-state index contributed by atoms with van der Waals surface area (Å²) in [5, 5.41) is 0. The molecule has 0 aromatic heterocycles. The van der Waals surface area contributed by atoms with Gasteiger partial charge in [0.25, 0.3) is 0 Å². The smallest absolute Gasteiger partial charge is 0.217 e. The molecule has 0 bridgehead atoms. The summed E-state index contributed by atoms with van der Waals surface area (Å²) in [5.41, 5.74) is 6.21. The second kappa shape index (κ2) is 5.16. The van der Waals surface area contributed by atoms with E-state index in [2.05, 4.69) is 0 Å². The minimum atomic E-state index is -3.20. The van der Waals surface area contributed by atoms with Gasteiger partial charge in [-0.15, -0.1) is 0 Å². The monoisotopic (exact) mass is 270 g/mol. The Bertz CT molecular complexity index is 512. The standard InChI is InChI=1S/C12H18N2O3S/c1-14(11-5-6-11)18(15,16)8-7-17-12-4-2-3-10(13)9-12/h2-4,9,11H,5-8,13H2,1H3. The number of rotatable bonds is 6. The first-order chi connectivity index (χ1) is 8.49. The maximum absolute atomic E-state index is 11.9. The molecule has 1 saturated carbocycles. The van der Waals surface area contributed by atoms with E-state index in [1.54, 1.807) is 31.3 Å². The third-order valence-corrected chi connectivity index (χ3v) is 4.83. The van der Waals surface area contributed by atoms with E-state index in [0.717, 1.165) is 12.8 Å². The van der Waals surface area contributed by atoms with E-state index >= 15 is 0 Å². The number of hydrogen-bond acceptors (Lipinski definition) is 4. The number of hydrogen-bond donors (Lipinski definition) is 1. The molecule has 2 rings (SSSR count). The Morgan fingerprint density at radius 1 is 1.44 bits per heavy atom. The largest absolute Gasteiger partial charge is 0.492 e. The molecule has 1 aliphatic carbocycles. The molecule has 6 heteroatoms. The van der Waals surface area contributed by atoms with Crippen LogP contribution >= 0.6 is 0 Å². The van der Waals surface area contributed by atoms with Crippen LogP contribution in [0.15, 0.2) is 24.3 Å². The zero-order chi connectivity index (χ0) is 13.2. The molecule has 1 fully saturated rings. The summed E-state index contributed by atoms with van der Waals surface area (Å²) in [6.45, 7) is 0.142. The molecule has 0 atom stereocenters. The molecule has 1 aliphatic rings. The number of nitrogens with two attached hydrogens (primary N) is 1. The van der Waals surface area contributed by atoms with Crippen molar-refractivity contribution in [3.63, 3.8) is 0 Å². The van der Waals surface area contributed by atoms with Crippen LogP contribution in [0.25, 0.3) is 0 Å². The lowest BCUT2D eigenvalue weighted by atomic mass is 10.3. The molecule has 18 heavy (non-hydrogen) atoms. The van der Waals surface area contributed by atoms with Gasteiger partial charge in [-0.25, -0.2) is 12.7 Å². The first-order valence-corrected chi connectivity index (χ1v) is 7.54. The van der Waals surface area contributed by atoms with Gasteiger partial charge in [0, 0.05) is 24.8 Å². The first-order valence-electron chi connectivity index (χ1n) is 5.93. The van der Waals surface area contributed by atoms with Crippen LogP contribution in [0.5, 0.6) is 5.75 Å². The lowest BCUT2D eigenvalue weighted by molar-refractivity contribution is 0.336. The van der Waals surface area contributed by atoms with Gasteiger partial charge >= 0.3 is 0 Å². The summed E-state index contributed by atoms with van der Waals surface area (Å²) in [5.74, 6) is 0.591. The van der Waals surface area contributed by atoms with Crippen molar-refractivity contribution in [2.45, 2.75) is 18.9 Å². The molecule has 0 aliphatic heterocycles. The van der Waals surface area contributed by atoms with E-state index in [1.165, 1.54) is 4.31 Å². The van der Waals surface area contributed by atoms with Crippen LogP contribution in [-0.4, -0.2) is 38.2 Å². The Morgan fingerprint density at radius 2 is 2.17 bits per heavy atom. The maximum Gasteiger partial charge on any atom is 0.217 e. The lowest BCUT2D eigenvalue weighted by Crippen LogP contribution is -2.33. The Labute approximate surface area is 108 Å². The highest BCUT2D eigenvalue weighted by Crippen LogP contribution is 2.27. The summed E-state index contributed by atoms with van der Waals surface area (Å²) in [6.07, 6.45) is 1.93. The van der Waals surface area contributed by atoms with E-state index < -0.39 is 10.0 Å². The molecule has 0 amide bonds. The van der Waals surface area contributed by atoms with Crippen molar-refractivity contribution in [2.75, 3.05) is 25.1 Å². The van der Waals surface area contributed by atoms with Crippen molar-refractivity contribution in [3.8, 4) is 5.75 Å². The Balaban J connectivity index is 1.84. The number of sulfonamides is 1. The van der Waals surface area contributed by atoms with Gasteiger partial charge in [-0.05, 0) is 25.0 Å². The third-order valence-electron chi connectivity index (χ3n) is 2.97. The molecule has 0 radical (unpaired) electrons. The van der Waals surface area contributed by atoms with Gasteiger partial charge in [-0.1, -0.05) is 6.07 Å². The average Bonchev–Trinajstić information content (AvgIpc) is 3.11. The van der Waals surface area contributed by atoms with Crippen LogP contribution in [0.1, 0.15) is 12.8 Å². The van der Waals surface area contributed by atoms with E-state index in [9.17, 15) is 8.42 Å². The van der Waals surface area contributed by atoms with Gasteiger partial charge in [0.05, 0.1) is 5.75 Å². The van der Waals surface area contributed by atoms with Gasteiger partial charge in [0.1, 0.15) is 12.4 Å². The number of ether oxygens (including phenoxy) is 1. The predicted octanol–water partition coefficient (Wildman–Crippen LogP) is 1.07. The van der Waals surface area contributed by atoms with Crippen LogP contribution in [0.2, 0.25) is 0 Å². The zero-order valence-corrected chi connectivity index (χ0v) is 11.2. The SMILES string of the molecule is CN(C1CC1)S(=O)(=O)CCOc1cccc(N)c1. The van der Waals surface area contributed by atoms with E-state index in [-0.39, 0.29) is 18.4 Å². The van der Waals surface area contributed by atoms with Crippen molar-refractivity contribution in [1.82, 2.24) is 4.31 Å². The summed E-state index contributed by atoms with van der Waals surface area (Å²) >= 11 is 0. The molecule has 1 aromatic rings. The van der Waals surface area contributed by atoms with Crippen LogP contribution in [0.4, 0.5) is 5.69 Å².